The number of rotatable bonds is 5. The maximum Gasteiger partial charge on any atom is 0.132 e. The van der Waals surface area contributed by atoms with Gasteiger partial charge >= 0.3 is 0 Å². The van der Waals surface area contributed by atoms with E-state index in [1.165, 1.54) is 18.4 Å². The van der Waals surface area contributed by atoms with Crippen LogP contribution in [-0.2, 0) is 0 Å². The minimum absolute atomic E-state index is 0.176. The summed E-state index contributed by atoms with van der Waals surface area (Å²) in [5, 5.41) is 22.4. The lowest BCUT2D eigenvalue weighted by atomic mass is 9.93. The molecule has 0 unspecified atom stereocenters. The van der Waals surface area contributed by atoms with Gasteiger partial charge in [-0.3, -0.25) is 0 Å². The molecule has 170 valence electrons. The van der Waals surface area contributed by atoms with Crippen LogP contribution in [0.25, 0.3) is 22.3 Å². The van der Waals surface area contributed by atoms with Gasteiger partial charge < -0.3 is 15.0 Å². The van der Waals surface area contributed by atoms with E-state index in [-0.39, 0.29) is 6.10 Å². The highest BCUT2D eigenvalue weighted by atomic mass is 16.3. The Morgan fingerprint density at radius 1 is 0.941 bits per heavy atom. The highest BCUT2D eigenvalue weighted by Gasteiger charge is 2.25. The van der Waals surface area contributed by atoms with Crippen molar-refractivity contribution < 1.29 is 5.11 Å². The van der Waals surface area contributed by atoms with Gasteiger partial charge in [0.15, 0.2) is 0 Å². The van der Waals surface area contributed by atoms with Crippen LogP contribution in [0.1, 0.15) is 61.6 Å². The summed E-state index contributed by atoms with van der Waals surface area (Å²) in [6.45, 7) is 0. The summed E-state index contributed by atoms with van der Waals surface area (Å²) >= 11 is 0. The Hall–Kier alpha value is -3.76. The van der Waals surface area contributed by atoms with E-state index in [4.69, 9.17) is 4.98 Å². The smallest absolute Gasteiger partial charge is 0.132 e. The Balaban J connectivity index is 1.37. The fourth-order valence-corrected chi connectivity index (χ4v) is 4.93. The summed E-state index contributed by atoms with van der Waals surface area (Å²) in [7, 11) is 0. The maximum absolute atomic E-state index is 9.91. The molecule has 0 bridgehead atoms. The van der Waals surface area contributed by atoms with E-state index in [0.29, 0.717) is 23.3 Å². The molecular weight excluding hydrogens is 424 g/mol. The number of anilines is 2. The van der Waals surface area contributed by atoms with Gasteiger partial charge in [0.1, 0.15) is 11.6 Å². The van der Waals surface area contributed by atoms with Crippen molar-refractivity contribution in [3.05, 3.63) is 66.1 Å². The molecule has 0 aliphatic heterocycles. The van der Waals surface area contributed by atoms with Crippen molar-refractivity contribution in [2.45, 2.75) is 56.6 Å². The first-order valence-electron chi connectivity index (χ1n) is 12.0. The number of aliphatic hydroxyl groups is 1. The van der Waals surface area contributed by atoms with Crippen LogP contribution in [0.2, 0.25) is 0 Å². The number of hydrogen-bond donors (Lipinski definition) is 2. The molecule has 2 N–H and O–H groups in total. The highest BCUT2D eigenvalue weighted by Crippen LogP contribution is 2.42. The molecule has 3 heterocycles. The summed E-state index contributed by atoms with van der Waals surface area (Å²) in [4.78, 5) is 13.9. The molecule has 7 nitrogen and oxygen atoms in total. The Morgan fingerprint density at radius 2 is 1.79 bits per heavy atom. The number of nitrogens with zero attached hydrogens (tertiary/aromatic N) is 5. The second-order valence-corrected chi connectivity index (χ2v) is 9.43. The normalized spacial score (nSPS) is 20.2. The van der Waals surface area contributed by atoms with Crippen molar-refractivity contribution in [3.8, 4) is 17.3 Å². The van der Waals surface area contributed by atoms with Crippen molar-refractivity contribution in [2.75, 3.05) is 5.32 Å². The third-order valence-corrected chi connectivity index (χ3v) is 6.97. The molecule has 2 aliphatic carbocycles. The molecule has 1 aromatic carbocycles. The molecule has 0 atom stereocenters. The molecule has 6 rings (SSSR count). The van der Waals surface area contributed by atoms with Gasteiger partial charge in [0.05, 0.1) is 40.8 Å². The van der Waals surface area contributed by atoms with E-state index in [1.807, 2.05) is 6.33 Å². The highest BCUT2D eigenvalue weighted by molar-refractivity contribution is 5.82. The number of hydrogen-bond acceptors (Lipinski definition) is 6. The molecule has 2 fully saturated rings. The fraction of sp³-hybridized carbons (Fsp3) is 0.333. The predicted octanol–water partition coefficient (Wildman–Crippen LogP) is 5.46. The first-order valence-corrected chi connectivity index (χ1v) is 12.0. The minimum Gasteiger partial charge on any atom is -0.393 e. The number of aliphatic hydroxyl groups excluding tert-OH is 1. The van der Waals surface area contributed by atoms with Crippen LogP contribution in [-0.4, -0.2) is 30.7 Å². The zero-order valence-corrected chi connectivity index (χ0v) is 18.9. The number of nitrogens with one attached hydrogen (secondary N) is 1. The number of pyridine rings is 2. The van der Waals surface area contributed by atoms with Crippen LogP contribution in [0.4, 0.5) is 11.6 Å². The van der Waals surface area contributed by atoms with Gasteiger partial charge in [-0.2, -0.15) is 5.26 Å². The van der Waals surface area contributed by atoms with Crippen molar-refractivity contribution in [1.82, 2.24) is 19.5 Å². The van der Waals surface area contributed by atoms with Gasteiger partial charge in [-0.15, -0.1) is 0 Å². The molecule has 0 radical (unpaired) electrons. The van der Waals surface area contributed by atoms with Crippen molar-refractivity contribution in [1.29, 1.82) is 5.26 Å². The van der Waals surface area contributed by atoms with Crippen LogP contribution < -0.4 is 5.32 Å². The SMILES string of the molecule is N#Cc1ccnc(Nc2cc(C3CC3)cc(-c3ccc4ncn(C5CCC(O)CC5)c4c3)n2)c1. The van der Waals surface area contributed by atoms with Gasteiger partial charge in [0.25, 0.3) is 0 Å². The quantitative estimate of drug-likeness (QED) is 0.419. The maximum atomic E-state index is 9.91. The van der Waals surface area contributed by atoms with E-state index in [2.05, 4.69) is 56.3 Å². The molecule has 2 saturated carbocycles. The topological polar surface area (TPSA) is 99.7 Å². The standard InChI is InChI=1S/C27H26N6O/c28-15-17-9-10-29-26(11-17)32-27-14-20(18-1-2-18)12-24(31-27)19-3-8-23-25(13-19)33(16-30-23)21-4-6-22(34)7-5-21/h3,8-14,16,18,21-22,34H,1-2,4-7H2,(H,29,31,32). The average molecular weight is 451 g/mol. The summed E-state index contributed by atoms with van der Waals surface area (Å²) in [5.74, 6) is 1.92. The summed E-state index contributed by atoms with van der Waals surface area (Å²) in [5.41, 5.74) is 5.88. The van der Waals surface area contributed by atoms with Gasteiger partial charge in [0, 0.05) is 17.8 Å². The number of nitriles is 1. The van der Waals surface area contributed by atoms with Crippen LogP contribution in [0.5, 0.6) is 0 Å². The molecule has 0 saturated heterocycles. The second-order valence-electron chi connectivity index (χ2n) is 9.43. The number of fused-ring (bicyclic) bond motifs is 1. The van der Waals surface area contributed by atoms with Gasteiger partial charge in [-0.1, -0.05) is 6.07 Å². The fourth-order valence-electron chi connectivity index (χ4n) is 4.93. The molecule has 0 spiro atoms. The van der Waals surface area contributed by atoms with Crippen LogP contribution >= 0.6 is 0 Å². The first-order chi connectivity index (χ1) is 16.7. The molecule has 2 aliphatic rings. The van der Waals surface area contributed by atoms with Gasteiger partial charge in [0.2, 0.25) is 0 Å². The minimum atomic E-state index is -0.176. The van der Waals surface area contributed by atoms with Crippen molar-refractivity contribution >= 4 is 22.7 Å². The largest absolute Gasteiger partial charge is 0.393 e. The zero-order chi connectivity index (χ0) is 23.1. The Kier molecular flexibility index (Phi) is 5.23. The molecular formula is C27H26N6O. The number of aromatic nitrogens is 4. The van der Waals surface area contributed by atoms with Crippen LogP contribution in [0.15, 0.2) is 55.0 Å². The lowest BCUT2D eigenvalue weighted by Crippen LogP contribution is -2.20. The Morgan fingerprint density at radius 3 is 2.59 bits per heavy atom. The molecule has 4 aromatic rings. The number of imidazole rings is 1. The Labute approximate surface area is 198 Å². The van der Waals surface area contributed by atoms with Gasteiger partial charge in [-0.05, 0) is 86.4 Å². The van der Waals surface area contributed by atoms with Crippen molar-refractivity contribution in [2.24, 2.45) is 0 Å². The first kappa shape index (κ1) is 20.8. The second kappa shape index (κ2) is 8.54. The third-order valence-electron chi connectivity index (χ3n) is 6.97. The lowest BCUT2D eigenvalue weighted by molar-refractivity contribution is 0.111. The van der Waals surface area contributed by atoms with Crippen molar-refractivity contribution in [3.63, 3.8) is 0 Å². The monoisotopic (exact) mass is 450 g/mol. The Bertz CT molecular complexity index is 1390. The third kappa shape index (κ3) is 4.13. The molecule has 0 amide bonds. The molecule has 34 heavy (non-hydrogen) atoms. The van der Waals surface area contributed by atoms with E-state index < -0.39 is 0 Å². The summed E-state index contributed by atoms with van der Waals surface area (Å²) in [6, 6.07) is 16.6. The van der Waals surface area contributed by atoms with Gasteiger partial charge in [-0.25, -0.2) is 15.0 Å². The van der Waals surface area contributed by atoms with Crippen LogP contribution in [0.3, 0.4) is 0 Å². The molecule has 7 heteroatoms. The summed E-state index contributed by atoms with van der Waals surface area (Å²) < 4.78 is 2.27. The number of benzene rings is 1. The van der Waals surface area contributed by atoms with E-state index in [1.54, 1.807) is 18.3 Å². The van der Waals surface area contributed by atoms with E-state index in [0.717, 1.165) is 53.8 Å². The van der Waals surface area contributed by atoms with Crippen LogP contribution in [0, 0.1) is 11.3 Å². The lowest BCUT2D eigenvalue weighted by Gasteiger charge is -2.27. The van der Waals surface area contributed by atoms with E-state index in [9.17, 15) is 10.4 Å². The predicted molar refractivity (Wildman–Crippen MR) is 131 cm³/mol. The average Bonchev–Trinajstić information content (AvgIpc) is 3.64. The zero-order valence-electron chi connectivity index (χ0n) is 18.9. The molecule has 3 aromatic heterocycles. The summed E-state index contributed by atoms with van der Waals surface area (Å²) in [6.07, 6.45) is 9.40. The van der Waals surface area contributed by atoms with E-state index >= 15 is 0 Å².